The van der Waals surface area contributed by atoms with E-state index in [9.17, 15) is 9.18 Å². The molecule has 110 valence electrons. The van der Waals surface area contributed by atoms with Crippen LogP contribution in [0.1, 0.15) is 48.5 Å². The average molecular weight is 279 g/mol. The van der Waals surface area contributed by atoms with Crippen molar-refractivity contribution in [2.24, 2.45) is 5.92 Å². The highest BCUT2D eigenvalue weighted by Gasteiger charge is 2.17. The summed E-state index contributed by atoms with van der Waals surface area (Å²) in [5.41, 5.74) is 0.595. The number of benzene rings is 1. The summed E-state index contributed by atoms with van der Waals surface area (Å²) >= 11 is 0. The van der Waals surface area contributed by atoms with Gasteiger partial charge in [-0.2, -0.15) is 0 Å². The monoisotopic (exact) mass is 279 g/mol. The van der Waals surface area contributed by atoms with Crippen molar-refractivity contribution in [3.05, 3.63) is 35.1 Å². The molecule has 3 nitrogen and oxygen atoms in total. The first-order valence-corrected chi connectivity index (χ1v) is 7.34. The highest BCUT2D eigenvalue weighted by Crippen LogP contribution is 2.21. The fourth-order valence-corrected chi connectivity index (χ4v) is 2.88. The van der Waals surface area contributed by atoms with Crippen LogP contribution in [0, 0.1) is 11.7 Å². The Morgan fingerprint density at radius 2 is 2.20 bits per heavy atom. The SMILES string of the molecule is CCC1CCCN(Cc2ccc(C(=O)O)c(F)c2)CC1. The summed E-state index contributed by atoms with van der Waals surface area (Å²) in [5, 5.41) is 8.82. The molecule has 1 aromatic carbocycles. The predicted molar refractivity (Wildman–Crippen MR) is 76.3 cm³/mol. The standard InChI is InChI=1S/C16H22FNO2/c1-2-12-4-3-8-18(9-7-12)11-13-5-6-14(16(19)20)15(17)10-13/h5-6,10,12H,2-4,7-9,11H2,1H3,(H,19,20). The van der Waals surface area contributed by atoms with Crippen molar-refractivity contribution < 1.29 is 14.3 Å². The van der Waals surface area contributed by atoms with E-state index in [-0.39, 0.29) is 5.56 Å². The summed E-state index contributed by atoms with van der Waals surface area (Å²) < 4.78 is 13.7. The fourth-order valence-electron chi connectivity index (χ4n) is 2.88. The van der Waals surface area contributed by atoms with Crippen molar-refractivity contribution in [2.75, 3.05) is 13.1 Å². The highest BCUT2D eigenvalue weighted by atomic mass is 19.1. The molecular formula is C16H22FNO2. The number of carboxylic acid groups (broad SMARTS) is 1. The number of hydrogen-bond donors (Lipinski definition) is 1. The van der Waals surface area contributed by atoms with E-state index in [0.29, 0.717) is 6.54 Å². The molecule has 1 fully saturated rings. The van der Waals surface area contributed by atoms with Gasteiger partial charge in [-0.25, -0.2) is 9.18 Å². The van der Waals surface area contributed by atoms with E-state index in [0.717, 1.165) is 24.6 Å². The van der Waals surface area contributed by atoms with Crippen molar-refractivity contribution in [1.82, 2.24) is 4.90 Å². The average Bonchev–Trinajstić information content (AvgIpc) is 2.63. The van der Waals surface area contributed by atoms with Crippen LogP contribution in [-0.4, -0.2) is 29.1 Å². The number of halogens is 1. The van der Waals surface area contributed by atoms with Gasteiger partial charge in [0.2, 0.25) is 0 Å². The van der Waals surface area contributed by atoms with E-state index in [1.54, 1.807) is 6.07 Å². The van der Waals surface area contributed by atoms with Gasteiger partial charge in [0.25, 0.3) is 0 Å². The van der Waals surface area contributed by atoms with Crippen molar-refractivity contribution >= 4 is 5.97 Å². The number of likely N-dealkylation sites (tertiary alicyclic amines) is 1. The summed E-state index contributed by atoms with van der Waals surface area (Å²) in [4.78, 5) is 13.1. The molecule has 0 bridgehead atoms. The normalized spacial score (nSPS) is 20.6. The van der Waals surface area contributed by atoms with Gasteiger partial charge in [0.1, 0.15) is 5.82 Å². The molecule has 1 unspecified atom stereocenters. The second kappa shape index (κ2) is 6.84. The van der Waals surface area contributed by atoms with Crippen LogP contribution >= 0.6 is 0 Å². The molecule has 4 heteroatoms. The lowest BCUT2D eigenvalue weighted by molar-refractivity contribution is 0.0692. The number of nitrogens with zero attached hydrogens (tertiary/aromatic N) is 1. The molecule has 0 saturated carbocycles. The molecule has 2 rings (SSSR count). The third-order valence-corrected chi connectivity index (χ3v) is 4.19. The lowest BCUT2D eigenvalue weighted by Crippen LogP contribution is -2.24. The van der Waals surface area contributed by atoms with E-state index >= 15 is 0 Å². The molecule has 1 aromatic rings. The first kappa shape index (κ1) is 15.0. The van der Waals surface area contributed by atoms with Crippen molar-refractivity contribution in [2.45, 2.75) is 39.2 Å². The van der Waals surface area contributed by atoms with Gasteiger partial charge in [0.15, 0.2) is 0 Å². The minimum atomic E-state index is -1.21. The Hall–Kier alpha value is -1.42. The fraction of sp³-hybridized carbons (Fsp3) is 0.562. The predicted octanol–water partition coefficient (Wildman–Crippen LogP) is 3.54. The summed E-state index contributed by atoms with van der Waals surface area (Å²) in [7, 11) is 0. The molecule has 0 aromatic heterocycles. The Labute approximate surface area is 119 Å². The Bertz CT molecular complexity index is 476. The minimum absolute atomic E-state index is 0.254. The summed E-state index contributed by atoms with van der Waals surface area (Å²) in [6, 6.07) is 4.43. The van der Waals surface area contributed by atoms with Gasteiger partial charge in [0, 0.05) is 6.54 Å². The lowest BCUT2D eigenvalue weighted by Gasteiger charge is -2.20. The molecule has 0 spiro atoms. The topological polar surface area (TPSA) is 40.5 Å². The summed E-state index contributed by atoms with van der Waals surface area (Å²) in [5.74, 6) is -1.04. The molecular weight excluding hydrogens is 257 g/mol. The van der Waals surface area contributed by atoms with E-state index in [1.165, 1.54) is 37.8 Å². The van der Waals surface area contributed by atoms with Gasteiger partial charge < -0.3 is 5.11 Å². The van der Waals surface area contributed by atoms with Gasteiger partial charge in [0.05, 0.1) is 5.56 Å². The second-order valence-corrected chi connectivity index (χ2v) is 5.60. The minimum Gasteiger partial charge on any atom is -0.478 e. The van der Waals surface area contributed by atoms with Gasteiger partial charge >= 0.3 is 5.97 Å². The van der Waals surface area contributed by atoms with E-state index in [4.69, 9.17) is 5.11 Å². The van der Waals surface area contributed by atoms with Crippen molar-refractivity contribution in [1.29, 1.82) is 0 Å². The van der Waals surface area contributed by atoms with Gasteiger partial charge in [-0.15, -0.1) is 0 Å². The van der Waals surface area contributed by atoms with Crippen LogP contribution in [0.3, 0.4) is 0 Å². The van der Waals surface area contributed by atoms with Crippen molar-refractivity contribution in [3.8, 4) is 0 Å². The van der Waals surface area contributed by atoms with E-state index in [2.05, 4.69) is 11.8 Å². The first-order chi connectivity index (χ1) is 9.60. The molecule has 0 aliphatic carbocycles. The van der Waals surface area contributed by atoms with Crippen molar-refractivity contribution in [3.63, 3.8) is 0 Å². The van der Waals surface area contributed by atoms with E-state index < -0.39 is 11.8 Å². The van der Waals surface area contributed by atoms with Crippen LogP contribution in [0.15, 0.2) is 18.2 Å². The lowest BCUT2D eigenvalue weighted by atomic mass is 9.98. The number of hydrogen-bond acceptors (Lipinski definition) is 2. The highest BCUT2D eigenvalue weighted by molar-refractivity contribution is 5.87. The number of aromatic carboxylic acids is 1. The van der Waals surface area contributed by atoms with Crippen LogP contribution in [0.4, 0.5) is 4.39 Å². The second-order valence-electron chi connectivity index (χ2n) is 5.60. The molecule has 1 N–H and O–H groups in total. The van der Waals surface area contributed by atoms with Crippen LogP contribution in [-0.2, 0) is 6.54 Å². The quantitative estimate of drug-likeness (QED) is 0.916. The molecule has 1 heterocycles. The molecule has 0 radical (unpaired) electrons. The number of carbonyl (C=O) groups is 1. The molecule has 20 heavy (non-hydrogen) atoms. The zero-order valence-electron chi connectivity index (χ0n) is 11.9. The number of rotatable bonds is 4. The maximum absolute atomic E-state index is 13.7. The first-order valence-electron chi connectivity index (χ1n) is 7.34. The van der Waals surface area contributed by atoms with Crippen LogP contribution in [0.5, 0.6) is 0 Å². The molecule has 1 aliphatic rings. The summed E-state index contributed by atoms with van der Waals surface area (Å²) in [6.07, 6.45) is 4.90. The number of carboxylic acids is 1. The maximum atomic E-state index is 13.7. The van der Waals surface area contributed by atoms with Crippen LogP contribution in [0.2, 0.25) is 0 Å². The zero-order valence-corrected chi connectivity index (χ0v) is 11.9. The molecule has 1 atom stereocenters. The van der Waals surface area contributed by atoms with Crippen LogP contribution in [0.25, 0.3) is 0 Å². The summed E-state index contributed by atoms with van der Waals surface area (Å²) in [6.45, 7) is 5.02. The van der Waals surface area contributed by atoms with Crippen LogP contribution < -0.4 is 0 Å². The molecule has 1 aliphatic heterocycles. The maximum Gasteiger partial charge on any atom is 0.338 e. The zero-order chi connectivity index (χ0) is 14.5. The van der Waals surface area contributed by atoms with Gasteiger partial charge in [-0.05, 0) is 56.0 Å². The van der Waals surface area contributed by atoms with Gasteiger partial charge in [-0.1, -0.05) is 19.4 Å². The van der Waals surface area contributed by atoms with E-state index in [1.807, 2.05) is 0 Å². The Morgan fingerprint density at radius 1 is 1.40 bits per heavy atom. The smallest absolute Gasteiger partial charge is 0.338 e. The largest absolute Gasteiger partial charge is 0.478 e. The third-order valence-electron chi connectivity index (χ3n) is 4.19. The molecule has 1 saturated heterocycles. The third kappa shape index (κ3) is 3.79. The Morgan fingerprint density at radius 3 is 2.85 bits per heavy atom. The Kier molecular flexibility index (Phi) is 5.12. The molecule has 0 amide bonds. The van der Waals surface area contributed by atoms with Gasteiger partial charge in [-0.3, -0.25) is 4.90 Å². The Balaban J connectivity index is 1.99.